The predicted molar refractivity (Wildman–Crippen MR) is 153 cm³/mol. The van der Waals surface area contributed by atoms with E-state index in [1.165, 1.54) is 36.7 Å². The number of amides is 1. The van der Waals surface area contributed by atoms with Crippen LogP contribution in [-0.4, -0.2) is 77.7 Å². The number of aliphatic imine (C=N–C) groups is 1. The lowest BCUT2D eigenvalue weighted by molar-refractivity contribution is -0.113. The normalized spacial score (nSPS) is 20.6. The second kappa shape index (κ2) is 12.7. The average molecular weight is 537 g/mol. The standard InChI is InChI=1S/C29H36N4O4S/c34-24-8-10-26(11-9-24)37-20-25(35)19-30-22-12-16-32(17-13-22)23-6-4-21(5-7-23)18-27-28(36)31-29(38-27)33-14-2-1-3-15-33/h4-11,18,22,25,30,34-35H,1-3,12-17,19-20H2/b27-18-. The van der Waals surface area contributed by atoms with Crippen molar-refractivity contribution in [2.24, 2.45) is 4.99 Å². The van der Waals surface area contributed by atoms with Crippen molar-refractivity contribution in [3.8, 4) is 11.5 Å². The number of carbonyl (C=O) groups excluding carboxylic acids is 1. The van der Waals surface area contributed by atoms with Gasteiger partial charge in [-0.25, -0.2) is 0 Å². The number of nitrogens with one attached hydrogen (secondary N) is 1. The highest BCUT2D eigenvalue weighted by Crippen LogP contribution is 2.32. The number of carbonyl (C=O) groups is 1. The Hall–Kier alpha value is -3.01. The van der Waals surface area contributed by atoms with Gasteiger partial charge in [0.15, 0.2) is 5.17 Å². The topological polar surface area (TPSA) is 97.6 Å². The number of nitrogens with zero attached hydrogens (tertiary/aromatic N) is 3. The second-order valence-electron chi connectivity index (χ2n) is 10.1. The second-order valence-corrected chi connectivity index (χ2v) is 11.1. The van der Waals surface area contributed by atoms with Gasteiger partial charge in [-0.1, -0.05) is 12.1 Å². The summed E-state index contributed by atoms with van der Waals surface area (Å²) in [5.74, 6) is 0.684. The van der Waals surface area contributed by atoms with E-state index >= 15 is 0 Å². The van der Waals surface area contributed by atoms with Gasteiger partial charge >= 0.3 is 0 Å². The molecule has 2 saturated heterocycles. The van der Waals surface area contributed by atoms with Crippen LogP contribution in [0.2, 0.25) is 0 Å². The van der Waals surface area contributed by atoms with E-state index in [-0.39, 0.29) is 18.3 Å². The number of aromatic hydroxyl groups is 1. The Balaban J connectivity index is 1.04. The number of hydrogen-bond donors (Lipinski definition) is 3. The van der Waals surface area contributed by atoms with E-state index in [9.17, 15) is 15.0 Å². The summed E-state index contributed by atoms with van der Waals surface area (Å²) in [7, 11) is 0. The fourth-order valence-electron chi connectivity index (χ4n) is 4.99. The fraction of sp³-hybridized carbons (Fsp3) is 0.448. The highest BCUT2D eigenvalue weighted by atomic mass is 32.2. The average Bonchev–Trinajstić information content (AvgIpc) is 3.32. The summed E-state index contributed by atoms with van der Waals surface area (Å²) in [4.78, 5) is 22.0. The Morgan fingerprint density at radius 2 is 1.71 bits per heavy atom. The quantitative estimate of drug-likeness (QED) is 0.438. The number of ether oxygens (including phenoxy) is 1. The molecule has 0 aliphatic carbocycles. The highest BCUT2D eigenvalue weighted by Gasteiger charge is 2.27. The lowest BCUT2D eigenvalue weighted by Crippen LogP contribution is -2.45. The van der Waals surface area contributed by atoms with Crippen LogP contribution < -0.4 is 15.0 Å². The zero-order valence-corrected chi connectivity index (χ0v) is 22.4. The van der Waals surface area contributed by atoms with Gasteiger partial charge in [-0.05, 0) is 91.9 Å². The molecule has 38 heavy (non-hydrogen) atoms. The number of anilines is 1. The Morgan fingerprint density at radius 3 is 2.42 bits per heavy atom. The monoisotopic (exact) mass is 536 g/mol. The van der Waals surface area contributed by atoms with E-state index in [0.717, 1.165) is 49.8 Å². The number of thioether (sulfide) groups is 1. The molecule has 0 radical (unpaired) electrons. The summed E-state index contributed by atoms with van der Waals surface area (Å²) >= 11 is 1.50. The van der Waals surface area contributed by atoms with Crippen LogP contribution in [0.15, 0.2) is 58.4 Å². The number of aliphatic hydroxyl groups is 1. The molecule has 1 amide bonds. The van der Waals surface area contributed by atoms with Gasteiger partial charge in [0.2, 0.25) is 0 Å². The minimum Gasteiger partial charge on any atom is -0.508 e. The summed E-state index contributed by atoms with van der Waals surface area (Å²) in [5, 5.41) is 23.9. The molecule has 3 aliphatic rings. The molecule has 1 atom stereocenters. The van der Waals surface area contributed by atoms with Crippen molar-refractivity contribution in [1.82, 2.24) is 10.2 Å². The number of rotatable bonds is 8. The third-order valence-electron chi connectivity index (χ3n) is 7.21. The molecule has 9 heteroatoms. The highest BCUT2D eigenvalue weighted by molar-refractivity contribution is 8.18. The Bertz CT molecular complexity index is 1140. The number of likely N-dealkylation sites (tertiary alicyclic amines) is 1. The van der Waals surface area contributed by atoms with Crippen molar-refractivity contribution < 1.29 is 19.7 Å². The van der Waals surface area contributed by atoms with Gasteiger partial charge < -0.3 is 30.1 Å². The molecular formula is C29H36N4O4S. The largest absolute Gasteiger partial charge is 0.508 e. The molecule has 1 unspecified atom stereocenters. The Morgan fingerprint density at radius 1 is 1.00 bits per heavy atom. The van der Waals surface area contributed by atoms with Crippen LogP contribution >= 0.6 is 11.8 Å². The lowest BCUT2D eigenvalue weighted by Gasteiger charge is -2.34. The molecule has 3 heterocycles. The van der Waals surface area contributed by atoms with E-state index in [2.05, 4.69) is 44.4 Å². The van der Waals surface area contributed by atoms with Gasteiger partial charge in [0, 0.05) is 44.5 Å². The minimum atomic E-state index is -0.602. The molecule has 8 nitrogen and oxygen atoms in total. The third-order valence-corrected chi connectivity index (χ3v) is 8.25. The number of phenolic OH excluding ortho intramolecular Hbond substituents is 1. The molecule has 0 bridgehead atoms. The first-order chi connectivity index (χ1) is 18.5. The zero-order chi connectivity index (χ0) is 26.3. The van der Waals surface area contributed by atoms with Crippen molar-refractivity contribution in [3.05, 3.63) is 59.0 Å². The van der Waals surface area contributed by atoms with E-state index < -0.39 is 6.10 Å². The molecule has 2 fully saturated rings. The fourth-order valence-corrected chi connectivity index (χ4v) is 5.95. The summed E-state index contributed by atoms with van der Waals surface area (Å²) < 4.78 is 5.59. The molecule has 5 rings (SSSR count). The molecule has 3 aliphatic heterocycles. The zero-order valence-electron chi connectivity index (χ0n) is 21.6. The van der Waals surface area contributed by atoms with Crippen LogP contribution in [0.4, 0.5) is 5.69 Å². The maximum atomic E-state index is 12.4. The molecule has 3 N–H and O–H groups in total. The third kappa shape index (κ3) is 7.09. The number of benzene rings is 2. The van der Waals surface area contributed by atoms with Crippen molar-refractivity contribution in [1.29, 1.82) is 0 Å². The van der Waals surface area contributed by atoms with Crippen molar-refractivity contribution in [3.63, 3.8) is 0 Å². The van der Waals surface area contributed by atoms with Gasteiger partial charge in [-0.3, -0.25) is 4.79 Å². The number of phenols is 1. The molecule has 0 spiro atoms. The Labute approximate surface area is 228 Å². The Kier molecular flexibility index (Phi) is 8.88. The molecule has 2 aromatic carbocycles. The number of piperidine rings is 2. The molecule has 202 valence electrons. The van der Waals surface area contributed by atoms with Crippen LogP contribution in [0.1, 0.15) is 37.7 Å². The first-order valence-electron chi connectivity index (χ1n) is 13.5. The van der Waals surface area contributed by atoms with Crippen LogP contribution in [-0.2, 0) is 4.79 Å². The number of aliphatic hydroxyl groups excluding tert-OH is 1. The van der Waals surface area contributed by atoms with Crippen molar-refractivity contribution in [2.75, 3.05) is 44.2 Å². The van der Waals surface area contributed by atoms with Crippen LogP contribution in [0.3, 0.4) is 0 Å². The number of amidine groups is 1. The van der Waals surface area contributed by atoms with Gasteiger partial charge in [0.05, 0.1) is 4.91 Å². The summed E-state index contributed by atoms with van der Waals surface area (Å²) in [6.07, 6.45) is 6.94. The maximum absolute atomic E-state index is 12.4. The van der Waals surface area contributed by atoms with Gasteiger partial charge in [0.25, 0.3) is 5.91 Å². The predicted octanol–water partition coefficient (Wildman–Crippen LogP) is 3.85. The maximum Gasteiger partial charge on any atom is 0.286 e. The minimum absolute atomic E-state index is 0.133. The first-order valence-corrected chi connectivity index (χ1v) is 14.3. The van der Waals surface area contributed by atoms with Gasteiger partial charge in [0.1, 0.15) is 24.2 Å². The van der Waals surface area contributed by atoms with Crippen LogP contribution in [0.25, 0.3) is 6.08 Å². The van der Waals surface area contributed by atoms with Crippen LogP contribution in [0, 0.1) is 0 Å². The molecular weight excluding hydrogens is 500 g/mol. The van der Waals surface area contributed by atoms with Crippen molar-refractivity contribution in [2.45, 2.75) is 44.2 Å². The number of hydrogen-bond acceptors (Lipinski definition) is 8. The van der Waals surface area contributed by atoms with E-state index in [4.69, 9.17) is 4.74 Å². The smallest absolute Gasteiger partial charge is 0.286 e. The van der Waals surface area contributed by atoms with E-state index in [0.29, 0.717) is 23.2 Å². The first kappa shape index (κ1) is 26.6. The van der Waals surface area contributed by atoms with Crippen LogP contribution in [0.5, 0.6) is 11.5 Å². The molecule has 0 aromatic heterocycles. The SMILES string of the molecule is O=C1N=C(N2CCCCC2)S/C1=C\c1ccc(N2CCC(NCC(O)COc3ccc(O)cc3)CC2)cc1. The van der Waals surface area contributed by atoms with Gasteiger partial charge in [-0.2, -0.15) is 4.99 Å². The summed E-state index contributed by atoms with van der Waals surface area (Å²) in [6.45, 7) is 4.55. The summed E-state index contributed by atoms with van der Waals surface area (Å²) in [5.41, 5.74) is 2.20. The lowest BCUT2D eigenvalue weighted by atomic mass is 10.0. The van der Waals surface area contributed by atoms with Crippen molar-refractivity contribution >= 4 is 34.6 Å². The van der Waals surface area contributed by atoms with E-state index in [1.807, 2.05) is 6.08 Å². The molecule has 0 saturated carbocycles. The van der Waals surface area contributed by atoms with Gasteiger partial charge in [-0.15, -0.1) is 0 Å². The van der Waals surface area contributed by atoms with E-state index in [1.54, 1.807) is 24.3 Å². The summed E-state index contributed by atoms with van der Waals surface area (Å²) in [6, 6.07) is 15.3. The molecule has 2 aromatic rings.